The summed E-state index contributed by atoms with van der Waals surface area (Å²) in [4.78, 5) is 25.0. The molecule has 0 aromatic heterocycles. The van der Waals surface area contributed by atoms with Gasteiger partial charge in [0.2, 0.25) is 0 Å². The zero-order valence-corrected chi connectivity index (χ0v) is 25.1. The van der Waals surface area contributed by atoms with Gasteiger partial charge in [-0.25, -0.2) is 4.79 Å². The number of carbonyl (C=O) groups is 2. The predicted octanol–water partition coefficient (Wildman–Crippen LogP) is 5.51. The fourth-order valence-corrected chi connectivity index (χ4v) is 3.95. The Bertz CT molecular complexity index is 1220. The molecule has 0 aliphatic rings. The van der Waals surface area contributed by atoms with Crippen LogP contribution in [-0.2, 0) is 22.6 Å². The summed E-state index contributed by atoms with van der Waals surface area (Å²) in [5, 5.41) is 8.76. The molecule has 5 N–H and O–H groups in total. The third kappa shape index (κ3) is 11.8. The van der Waals surface area contributed by atoms with Crippen molar-refractivity contribution in [1.82, 2.24) is 4.90 Å². The molecule has 0 saturated heterocycles. The third-order valence-electron chi connectivity index (χ3n) is 6.55. The highest BCUT2D eigenvalue weighted by Gasteiger charge is 2.17. The molecule has 0 aliphatic heterocycles. The van der Waals surface area contributed by atoms with Crippen LogP contribution in [0.25, 0.3) is 0 Å². The lowest BCUT2D eigenvalue weighted by atomic mass is 10.1. The minimum atomic E-state index is -0.991. The molecule has 0 aliphatic carbocycles. The van der Waals surface area contributed by atoms with E-state index in [1.807, 2.05) is 75.4 Å². The van der Waals surface area contributed by atoms with Crippen LogP contribution in [0, 0.1) is 0 Å². The second-order valence-electron chi connectivity index (χ2n) is 9.75. The second kappa shape index (κ2) is 18.4. The van der Waals surface area contributed by atoms with Gasteiger partial charge < -0.3 is 30.8 Å². The van der Waals surface area contributed by atoms with Gasteiger partial charge in [0, 0.05) is 0 Å². The first-order valence-corrected chi connectivity index (χ1v) is 14.4. The largest absolute Gasteiger partial charge is 0.491 e. The summed E-state index contributed by atoms with van der Waals surface area (Å²) in [6.07, 6.45) is 2.05. The standard InChI is InChI=1S/C17H28N2O3.C16H17NO3/c1-5-8-11-21-16-12-14(9-10-15(16)18)17(20)22-13(4)19(6-2)7-3;17-15(16(18)19)10-12-6-8-14(9-7-12)20-11-13-4-2-1-3-5-13/h9-10,12-13H,5-8,11,18H2,1-4H3;1-9,15H,10-11,17H2,(H,18,19)/t;15-/m.1/s1. The van der Waals surface area contributed by atoms with Crippen LogP contribution in [0.2, 0.25) is 0 Å². The van der Waals surface area contributed by atoms with Crippen molar-refractivity contribution in [3.63, 3.8) is 0 Å². The average molecular weight is 580 g/mol. The Morgan fingerprint density at radius 3 is 2.17 bits per heavy atom. The van der Waals surface area contributed by atoms with Crippen molar-refractivity contribution in [2.24, 2.45) is 5.73 Å². The maximum absolute atomic E-state index is 12.2. The lowest BCUT2D eigenvalue weighted by Gasteiger charge is -2.25. The van der Waals surface area contributed by atoms with Gasteiger partial charge in [-0.05, 0) is 74.3 Å². The highest BCUT2D eigenvalue weighted by Crippen LogP contribution is 2.24. The number of carboxylic acids is 1. The molecule has 0 bridgehead atoms. The van der Waals surface area contributed by atoms with Gasteiger partial charge in [-0.2, -0.15) is 0 Å². The molecule has 0 heterocycles. The van der Waals surface area contributed by atoms with Gasteiger partial charge >= 0.3 is 11.9 Å². The van der Waals surface area contributed by atoms with Crippen molar-refractivity contribution in [2.75, 3.05) is 25.4 Å². The summed E-state index contributed by atoms with van der Waals surface area (Å²) in [6.45, 7) is 10.8. The lowest BCUT2D eigenvalue weighted by molar-refractivity contribution is -0.138. The van der Waals surface area contributed by atoms with Gasteiger partial charge in [0.15, 0.2) is 6.23 Å². The van der Waals surface area contributed by atoms with Crippen molar-refractivity contribution in [1.29, 1.82) is 0 Å². The Balaban J connectivity index is 0.000000294. The fourth-order valence-electron chi connectivity index (χ4n) is 3.95. The van der Waals surface area contributed by atoms with E-state index in [9.17, 15) is 9.59 Å². The van der Waals surface area contributed by atoms with E-state index in [0.717, 1.165) is 42.8 Å². The highest BCUT2D eigenvalue weighted by atomic mass is 16.6. The molecule has 42 heavy (non-hydrogen) atoms. The molecule has 0 fully saturated rings. The molecule has 3 rings (SSSR count). The quantitative estimate of drug-likeness (QED) is 0.0920. The van der Waals surface area contributed by atoms with Crippen LogP contribution in [0.1, 0.15) is 62.0 Å². The number of nitrogen functional groups attached to an aromatic ring is 1. The molecule has 0 saturated carbocycles. The average Bonchev–Trinajstić information content (AvgIpc) is 2.99. The number of unbranched alkanes of at least 4 members (excludes halogenated alkanes) is 1. The SMILES string of the molecule is CCCCOc1cc(C(=O)OC(C)N(CC)CC)ccc1N.N[C@H](Cc1ccc(OCc2ccccc2)cc1)C(=O)O. The lowest BCUT2D eigenvalue weighted by Crippen LogP contribution is -2.36. The second-order valence-corrected chi connectivity index (χ2v) is 9.75. The molecule has 0 radical (unpaired) electrons. The van der Waals surface area contributed by atoms with E-state index < -0.39 is 12.0 Å². The summed E-state index contributed by atoms with van der Waals surface area (Å²) < 4.78 is 16.8. The zero-order chi connectivity index (χ0) is 30.9. The van der Waals surface area contributed by atoms with E-state index in [1.54, 1.807) is 18.2 Å². The summed E-state index contributed by atoms with van der Waals surface area (Å²) in [7, 11) is 0. The van der Waals surface area contributed by atoms with Crippen LogP contribution < -0.4 is 20.9 Å². The van der Waals surface area contributed by atoms with E-state index in [2.05, 4.69) is 11.8 Å². The molecule has 3 aromatic carbocycles. The Kier molecular flexibility index (Phi) is 14.9. The summed E-state index contributed by atoms with van der Waals surface area (Å²) in [5.41, 5.74) is 14.3. The molecule has 1 unspecified atom stereocenters. The smallest absolute Gasteiger partial charge is 0.339 e. The van der Waals surface area contributed by atoms with Gasteiger partial charge in [-0.1, -0.05) is 69.7 Å². The van der Waals surface area contributed by atoms with Gasteiger partial charge in [0.25, 0.3) is 0 Å². The number of nitrogens with zero attached hydrogens (tertiary/aromatic N) is 1. The Morgan fingerprint density at radius 2 is 1.57 bits per heavy atom. The van der Waals surface area contributed by atoms with Crippen LogP contribution in [0.15, 0.2) is 72.8 Å². The van der Waals surface area contributed by atoms with Gasteiger partial charge in [0.05, 0.1) is 17.9 Å². The zero-order valence-electron chi connectivity index (χ0n) is 25.1. The number of aliphatic carboxylic acids is 1. The molecule has 9 heteroatoms. The third-order valence-corrected chi connectivity index (χ3v) is 6.55. The number of carboxylic acid groups (broad SMARTS) is 1. The predicted molar refractivity (Wildman–Crippen MR) is 166 cm³/mol. The number of carbonyl (C=O) groups excluding carboxylic acids is 1. The van der Waals surface area contributed by atoms with Gasteiger partial charge in [-0.3, -0.25) is 9.69 Å². The maximum atomic E-state index is 12.2. The number of hydrogen-bond donors (Lipinski definition) is 3. The first kappa shape index (κ1) is 34.1. The summed E-state index contributed by atoms with van der Waals surface area (Å²) in [6, 6.07) is 21.4. The van der Waals surface area contributed by atoms with E-state index in [0.29, 0.717) is 36.6 Å². The summed E-state index contributed by atoms with van der Waals surface area (Å²) in [5.74, 6) is -0.0611. The van der Waals surface area contributed by atoms with Gasteiger partial charge in [0.1, 0.15) is 24.1 Å². The van der Waals surface area contributed by atoms with E-state index >= 15 is 0 Å². The van der Waals surface area contributed by atoms with E-state index in [1.165, 1.54) is 0 Å². The molecule has 228 valence electrons. The van der Waals surface area contributed by atoms with Crippen LogP contribution >= 0.6 is 0 Å². The highest BCUT2D eigenvalue weighted by molar-refractivity contribution is 5.90. The molecular formula is C33H45N3O6. The van der Waals surface area contributed by atoms with Crippen LogP contribution in [-0.4, -0.2) is 53.9 Å². The van der Waals surface area contributed by atoms with Crippen molar-refractivity contribution in [3.8, 4) is 11.5 Å². The number of hydrogen-bond acceptors (Lipinski definition) is 8. The summed E-state index contributed by atoms with van der Waals surface area (Å²) >= 11 is 0. The Hall–Kier alpha value is -4.08. The number of rotatable bonds is 15. The monoisotopic (exact) mass is 579 g/mol. The first-order chi connectivity index (χ1) is 20.2. The normalized spacial score (nSPS) is 12.0. The van der Waals surface area contributed by atoms with Crippen molar-refractivity contribution in [3.05, 3.63) is 89.5 Å². The number of anilines is 1. The van der Waals surface area contributed by atoms with Crippen molar-refractivity contribution >= 4 is 17.6 Å². The molecule has 0 amide bonds. The Morgan fingerprint density at radius 1 is 0.905 bits per heavy atom. The number of benzene rings is 3. The van der Waals surface area contributed by atoms with E-state index in [4.69, 9.17) is 30.8 Å². The fraction of sp³-hybridized carbons (Fsp3) is 0.394. The van der Waals surface area contributed by atoms with Crippen molar-refractivity contribution in [2.45, 2.75) is 65.8 Å². The molecule has 2 atom stereocenters. The minimum Gasteiger partial charge on any atom is -0.491 e. The Labute approximate surface area is 249 Å². The topological polar surface area (TPSA) is 137 Å². The number of ether oxygens (including phenoxy) is 3. The van der Waals surface area contributed by atoms with E-state index in [-0.39, 0.29) is 12.2 Å². The molecule has 0 spiro atoms. The molecular weight excluding hydrogens is 534 g/mol. The van der Waals surface area contributed by atoms with Crippen LogP contribution in [0.4, 0.5) is 5.69 Å². The molecule has 9 nitrogen and oxygen atoms in total. The van der Waals surface area contributed by atoms with Crippen molar-refractivity contribution < 1.29 is 28.9 Å². The molecule has 3 aromatic rings. The van der Waals surface area contributed by atoms with Crippen LogP contribution in [0.5, 0.6) is 11.5 Å². The number of nitrogens with two attached hydrogens (primary N) is 2. The first-order valence-electron chi connectivity index (χ1n) is 14.4. The minimum absolute atomic E-state index is 0.260. The number of esters is 1. The van der Waals surface area contributed by atoms with Crippen LogP contribution in [0.3, 0.4) is 0 Å². The van der Waals surface area contributed by atoms with Gasteiger partial charge in [-0.15, -0.1) is 0 Å². The maximum Gasteiger partial charge on any atom is 0.339 e.